The summed E-state index contributed by atoms with van der Waals surface area (Å²) < 4.78 is 0. The first-order valence-electron chi connectivity index (χ1n) is 6.07. The van der Waals surface area contributed by atoms with E-state index in [2.05, 4.69) is 9.97 Å². The second kappa shape index (κ2) is 4.65. The van der Waals surface area contributed by atoms with Crippen molar-refractivity contribution in [1.82, 2.24) is 9.97 Å². The Labute approximate surface area is 119 Å². The molecule has 20 heavy (non-hydrogen) atoms. The Hall–Kier alpha value is -2.33. The normalized spacial score (nSPS) is 10.9. The van der Waals surface area contributed by atoms with E-state index in [-0.39, 0.29) is 11.5 Å². The molecule has 0 bridgehead atoms. The van der Waals surface area contributed by atoms with E-state index in [1.807, 2.05) is 13.0 Å². The lowest BCUT2D eigenvalue weighted by molar-refractivity contribution is 0.103. The molecule has 2 N–H and O–H groups in total. The van der Waals surface area contributed by atoms with Crippen LogP contribution in [0.2, 0.25) is 5.02 Å². The third-order valence-electron chi connectivity index (χ3n) is 3.21. The maximum absolute atomic E-state index is 12.4. The van der Waals surface area contributed by atoms with Gasteiger partial charge in [0.2, 0.25) is 0 Å². The van der Waals surface area contributed by atoms with Crippen molar-refractivity contribution < 1.29 is 4.79 Å². The number of imidazole rings is 1. The van der Waals surface area contributed by atoms with Crippen LogP contribution in [-0.4, -0.2) is 15.8 Å². The van der Waals surface area contributed by atoms with Crippen LogP contribution in [0.3, 0.4) is 0 Å². The number of ketones is 1. The molecule has 0 saturated carbocycles. The van der Waals surface area contributed by atoms with Gasteiger partial charge in [-0.2, -0.15) is 0 Å². The molecular formula is C15H11ClN2O2. The third-order valence-corrected chi connectivity index (χ3v) is 3.62. The van der Waals surface area contributed by atoms with Gasteiger partial charge in [0.1, 0.15) is 0 Å². The average Bonchev–Trinajstić information content (AvgIpc) is 2.80. The zero-order chi connectivity index (χ0) is 14.3. The van der Waals surface area contributed by atoms with E-state index in [9.17, 15) is 9.59 Å². The minimum absolute atomic E-state index is 0.129. The predicted molar refractivity (Wildman–Crippen MR) is 78.5 cm³/mol. The highest BCUT2D eigenvalue weighted by atomic mass is 35.5. The van der Waals surface area contributed by atoms with Crippen LogP contribution in [0.1, 0.15) is 21.5 Å². The first-order chi connectivity index (χ1) is 9.54. The van der Waals surface area contributed by atoms with Crippen molar-refractivity contribution in [2.75, 3.05) is 0 Å². The van der Waals surface area contributed by atoms with Gasteiger partial charge in [-0.3, -0.25) is 4.79 Å². The molecule has 100 valence electrons. The summed E-state index contributed by atoms with van der Waals surface area (Å²) in [5, 5.41) is 0.562. The number of hydrogen-bond donors (Lipinski definition) is 2. The first kappa shape index (κ1) is 12.7. The summed E-state index contributed by atoms with van der Waals surface area (Å²) in [5.41, 5.74) is 2.95. The molecule has 1 heterocycles. The summed E-state index contributed by atoms with van der Waals surface area (Å²) in [6.45, 7) is 1.88. The molecule has 0 radical (unpaired) electrons. The molecule has 1 aromatic heterocycles. The molecule has 3 aromatic rings. The summed E-state index contributed by atoms with van der Waals surface area (Å²) in [6.07, 6.45) is 0. The van der Waals surface area contributed by atoms with Crippen LogP contribution < -0.4 is 5.69 Å². The lowest BCUT2D eigenvalue weighted by atomic mass is 10.0. The highest BCUT2D eigenvalue weighted by Gasteiger charge is 2.11. The zero-order valence-corrected chi connectivity index (χ0v) is 11.4. The van der Waals surface area contributed by atoms with Crippen LogP contribution in [-0.2, 0) is 0 Å². The number of rotatable bonds is 2. The van der Waals surface area contributed by atoms with Crippen LogP contribution in [0.15, 0.2) is 41.2 Å². The minimum Gasteiger partial charge on any atom is -0.306 e. The van der Waals surface area contributed by atoms with Gasteiger partial charge in [0.05, 0.1) is 11.0 Å². The van der Waals surface area contributed by atoms with Gasteiger partial charge in [-0.25, -0.2) is 4.79 Å². The number of H-pyrrole nitrogens is 2. The quantitative estimate of drug-likeness (QED) is 0.711. The van der Waals surface area contributed by atoms with Gasteiger partial charge in [-0.15, -0.1) is 0 Å². The van der Waals surface area contributed by atoms with Gasteiger partial charge in [0.25, 0.3) is 0 Å². The monoisotopic (exact) mass is 286 g/mol. The number of carbonyl (C=O) groups is 1. The molecule has 0 spiro atoms. The maximum atomic E-state index is 12.4. The summed E-state index contributed by atoms with van der Waals surface area (Å²) in [4.78, 5) is 28.9. The number of aromatic nitrogens is 2. The SMILES string of the molecule is Cc1ccc(C(=O)c2ccc3[nH]c(=O)[nH]c3c2)cc1Cl. The summed E-state index contributed by atoms with van der Waals surface area (Å²) in [7, 11) is 0. The van der Waals surface area contributed by atoms with Crippen molar-refractivity contribution in [2.24, 2.45) is 0 Å². The topological polar surface area (TPSA) is 65.7 Å². The summed E-state index contributed by atoms with van der Waals surface area (Å²) in [5.74, 6) is -0.129. The van der Waals surface area contributed by atoms with Gasteiger partial charge in [-0.05, 0) is 36.8 Å². The molecule has 0 aliphatic heterocycles. The van der Waals surface area contributed by atoms with Gasteiger partial charge >= 0.3 is 5.69 Å². The number of aromatic amines is 2. The van der Waals surface area contributed by atoms with Crippen LogP contribution in [0.5, 0.6) is 0 Å². The standard InChI is InChI=1S/C15H11ClN2O2/c1-8-2-3-9(6-11(8)16)14(19)10-4-5-12-13(7-10)18-15(20)17-12/h2-7H,1H3,(H2,17,18,20). The van der Waals surface area contributed by atoms with Crippen LogP contribution in [0, 0.1) is 6.92 Å². The average molecular weight is 287 g/mol. The highest BCUT2D eigenvalue weighted by molar-refractivity contribution is 6.31. The number of fused-ring (bicyclic) bond motifs is 1. The number of nitrogens with one attached hydrogen (secondary N) is 2. The van der Waals surface area contributed by atoms with Gasteiger partial charge in [0.15, 0.2) is 5.78 Å². The van der Waals surface area contributed by atoms with Crippen LogP contribution >= 0.6 is 11.6 Å². The fourth-order valence-electron chi connectivity index (χ4n) is 2.07. The van der Waals surface area contributed by atoms with Crippen molar-refractivity contribution in [2.45, 2.75) is 6.92 Å². The Bertz CT molecular complexity index is 877. The lowest BCUT2D eigenvalue weighted by Crippen LogP contribution is -2.01. The molecule has 0 saturated heterocycles. The van der Waals surface area contributed by atoms with Gasteiger partial charge < -0.3 is 9.97 Å². The van der Waals surface area contributed by atoms with E-state index in [0.717, 1.165) is 5.56 Å². The second-order valence-electron chi connectivity index (χ2n) is 4.63. The van der Waals surface area contributed by atoms with Crippen molar-refractivity contribution in [3.63, 3.8) is 0 Å². The molecule has 0 aliphatic rings. The molecule has 3 rings (SSSR count). The van der Waals surface area contributed by atoms with Crippen molar-refractivity contribution >= 4 is 28.4 Å². The molecule has 0 unspecified atom stereocenters. The van der Waals surface area contributed by atoms with Crippen LogP contribution in [0.4, 0.5) is 0 Å². The number of aryl methyl sites for hydroxylation is 1. The molecular weight excluding hydrogens is 276 g/mol. The Kier molecular flexibility index (Phi) is 2.95. The van der Waals surface area contributed by atoms with Gasteiger partial charge in [0, 0.05) is 16.1 Å². The van der Waals surface area contributed by atoms with E-state index < -0.39 is 0 Å². The van der Waals surface area contributed by atoms with E-state index >= 15 is 0 Å². The van der Waals surface area contributed by atoms with E-state index in [0.29, 0.717) is 27.2 Å². The molecule has 0 atom stereocenters. The second-order valence-corrected chi connectivity index (χ2v) is 5.04. The fourth-order valence-corrected chi connectivity index (χ4v) is 2.26. The predicted octanol–water partition coefficient (Wildman–Crippen LogP) is 3.05. The Morgan fingerprint density at radius 3 is 2.40 bits per heavy atom. The van der Waals surface area contributed by atoms with Crippen molar-refractivity contribution in [3.05, 3.63) is 68.6 Å². The Morgan fingerprint density at radius 1 is 1.00 bits per heavy atom. The van der Waals surface area contributed by atoms with Crippen molar-refractivity contribution in [1.29, 1.82) is 0 Å². The summed E-state index contributed by atoms with van der Waals surface area (Å²) in [6, 6.07) is 10.3. The zero-order valence-electron chi connectivity index (χ0n) is 10.7. The molecule has 0 amide bonds. The number of carbonyl (C=O) groups excluding carboxylic acids is 1. The summed E-state index contributed by atoms with van der Waals surface area (Å²) >= 11 is 6.04. The lowest BCUT2D eigenvalue weighted by Gasteiger charge is -2.04. The molecule has 0 aliphatic carbocycles. The van der Waals surface area contributed by atoms with Crippen LogP contribution in [0.25, 0.3) is 11.0 Å². The first-order valence-corrected chi connectivity index (χ1v) is 6.45. The highest BCUT2D eigenvalue weighted by Crippen LogP contribution is 2.20. The molecule has 2 aromatic carbocycles. The number of halogens is 1. The maximum Gasteiger partial charge on any atom is 0.323 e. The Balaban J connectivity index is 2.07. The van der Waals surface area contributed by atoms with Gasteiger partial charge in [-0.1, -0.05) is 23.7 Å². The molecule has 0 fully saturated rings. The fraction of sp³-hybridized carbons (Fsp3) is 0.0667. The van der Waals surface area contributed by atoms with E-state index in [1.165, 1.54) is 0 Å². The van der Waals surface area contributed by atoms with E-state index in [4.69, 9.17) is 11.6 Å². The smallest absolute Gasteiger partial charge is 0.306 e. The molecule has 4 nitrogen and oxygen atoms in total. The number of benzene rings is 2. The van der Waals surface area contributed by atoms with E-state index in [1.54, 1.807) is 30.3 Å². The number of hydrogen-bond acceptors (Lipinski definition) is 2. The molecule has 5 heteroatoms. The Morgan fingerprint density at radius 2 is 1.65 bits per heavy atom. The largest absolute Gasteiger partial charge is 0.323 e. The van der Waals surface area contributed by atoms with Crippen molar-refractivity contribution in [3.8, 4) is 0 Å². The minimum atomic E-state index is -0.289. The third kappa shape index (κ3) is 2.14.